The van der Waals surface area contributed by atoms with Gasteiger partial charge in [0.15, 0.2) is 0 Å². The van der Waals surface area contributed by atoms with Gasteiger partial charge in [-0.2, -0.15) is 5.10 Å². The van der Waals surface area contributed by atoms with Crippen LogP contribution < -0.4 is 10.1 Å². The van der Waals surface area contributed by atoms with Gasteiger partial charge in [-0.3, -0.25) is 0 Å². The number of aromatic hydroxyl groups is 1. The first-order valence-corrected chi connectivity index (χ1v) is 11.7. The molecule has 0 radical (unpaired) electrons. The van der Waals surface area contributed by atoms with Crippen LogP contribution in [-0.2, 0) is 0 Å². The van der Waals surface area contributed by atoms with Crippen molar-refractivity contribution in [2.45, 2.75) is 43.8 Å². The molecule has 0 spiro atoms. The number of hydrazone groups is 1. The predicted octanol–water partition coefficient (Wildman–Crippen LogP) is 3.64. The smallest absolute Gasteiger partial charge is 0.341 e. The number of fused-ring (bicyclic) bond motifs is 3. The monoisotopic (exact) mass is 450 g/mol. The molecule has 3 aliphatic heterocycles. The van der Waals surface area contributed by atoms with Crippen molar-refractivity contribution in [3.05, 3.63) is 59.4 Å². The Kier molecular flexibility index (Phi) is 4.98. The average Bonchev–Trinajstić information content (AvgIpc) is 3.57. The summed E-state index contributed by atoms with van der Waals surface area (Å²) in [6.45, 7) is 2.13. The van der Waals surface area contributed by atoms with Crippen molar-refractivity contribution in [2.75, 3.05) is 19.7 Å². The predicted molar refractivity (Wildman–Crippen MR) is 121 cm³/mol. The van der Waals surface area contributed by atoms with Crippen molar-refractivity contribution in [1.29, 1.82) is 0 Å². The molecule has 2 N–H and O–H groups in total. The van der Waals surface area contributed by atoms with Gasteiger partial charge in [-0.25, -0.2) is 14.2 Å². The van der Waals surface area contributed by atoms with E-state index in [1.54, 1.807) is 29.3 Å². The van der Waals surface area contributed by atoms with Crippen molar-refractivity contribution in [1.82, 2.24) is 15.2 Å². The zero-order chi connectivity index (χ0) is 22.5. The number of carbonyl (C=O) groups is 1. The van der Waals surface area contributed by atoms with Crippen molar-refractivity contribution in [3.8, 4) is 11.5 Å². The first-order chi connectivity index (χ1) is 16.1. The third kappa shape index (κ3) is 3.62. The standard InChI is InChI=1S/C25H27FN4O3/c26-16-4-7-22-20(13-16)23-21(14-33-22)24(15-2-1-3-19(31)12-15)30(28-23)25(32)29(17-5-6-17)18-8-10-27-11-9-18/h1-4,7,12-13,17-18,21,24,27,31H,5-6,8-11,14H2/t21-,24-/m1/s1. The number of nitrogens with one attached hydrogen (secondary N) is 1. The topological polar surface area (TPSA) is 77.4 Å². The van der Waals surface area contributed by atoms with Crippen LogP contribution in [-0.4, -0.2) is 58.5 Å². The number of hydrogen-bond donors (Lipinski definition) is 2. The molecular weight excluding hydrogens is 423 g/mol. The van der Waals surface area contributed by atoms with Crippen LogP contribution >= 0.6 is 0 Å². The van der Waals surface area contributed by atoms with Gasteiger partial charge in [-0.15, -0.1) is 0 Å². The summed E-state index contributed by atoms with van der Waals surface area (Å²) in [5, 5.41) is 19.9. The Hall–Kier alpha value is -3.13. The zero-order valence-corrected chi connectivity index (χ0v) is 18.3. The van der Waals surface area contributed by atoms with Gasteiger partial charge in [0, 0.05) is 17.6 Å². The third-order valence-corrected chi connectivity index (χ3v) is 7.12. The molecule has 8 heteroatoms. The Morgan fingerprint density at radius 3 is 2.67 bits per heavy atom. The summed E-state index contributed by atoms with van der Waals surface area (Å²) in [4.78, 5) is 16.1. The first kappa shape index (κ1) is 20.5. The summed E-state index contributed by atoms with van der Waals surface area (Å²) in [6.07, 6.45) is 3.86. The van der Waals surface area contributed by atoms with E-state index in [4.69, 9.17) is 9.84 Å². The second-order valence-corrected chi connectivity index (χ2v) is 9.33. The van der Waals surface area contributed by atoms with E-state index in [9.17, 15) is 14.3 Å². The molecule has 33 heavy (non-hydrogen) atoms. The van der Waals surface area contributed by atoms with Crippen molar-refractivity contribution < 1.29 is 19.0 Å². The van der Waals surface area contributed by atoms with Gasteiger partial charge in [0.05, 0.1) is 24.3 Å². The summed E-state index contributed by atoms with van der Waals surface area (Å²) < 4.78 is 20.1. The summed E-state index contributed by atoms with van der Waals surface area (Å²) in [6, 6.07) is 11.3. The summed E-state index contributed by atoms with van der Waals surface area (Å²) in [5.41, 5.74) is 2.04. The number of amides is 2. The lowest BCUT2D eigenvalue weighted by Crippen LogP contribution is -2.51. The van der Waals surface area contributed by atoms with Crippen LogP contribution in [0.2, 0.25) is 0 Å². The quantitative estimate of drug-likeness (QED) is 0.749. The van der Waals surface area contributed by atoms with Crippen LogP contribution in [0.25, 0.3) is 0 Å². The van der Waals surface area contributed by atoms with E-state index >= 15 is 0 Å². The van der Waals surface area contributed by atoms with E-state index in [1.165, 1.54) is 12.1 Å². The van der Waals surface area contributed by atoms with Gasteiger partial charge in [0.2, 0.25) is 0 Å². The number of rotatable bonds is 3. The van der Waals surface area contributed by atoms with Gasteiger partial charge in [0.1, 0.15) is 17.3 Å². The minimum absolute atomic E-state index is 0.113. The molecule has 3 heterocycles. The Bertz CT molecular complexity index is 1110. The highest BCUT2D eigenvalue weighted by molar-refractivity contribution is 6.07. The van der Waals surface area contributed by atoms with E-state index in [-0.39, 0.29) is 35.6 Å². The van der Waals surface area contributed by atoms with Crippen LogP contribution in [0.5, 0.6) is 11.5 Å². The second-order valence-electron chi connectivity index (χ2n) is 9.33. The number of urea groups is 1. The number of phenols is 1. The van der Waals surface area contributed by atoms with Crippen LogP contribution in [0.3, 0.4) is 0 Å². The Labute approximate surface area is 191 Å². The molecule has 6 rings (SSSR count). The highest BCUT2D eigenvalue weighted by Gasteiger charge is 2.49. The number of phenolic OH excluding ortho intramolecular Hbond substituents is 1. The SMILES string of the molecule is O=C(N(C1CCNCC1)C1CC1)N1N=C2c3cc(F)ccc3OC[C@H]2[C@H]1c1cccc(O)c1. The number of piperidine rings is 1. The number of halogens is 1. The molecule has 1 saturated carbocycles. The Morgan fingerprint density at radius 1 is 1.12 bits per heavy atom. The average molecular weight is 451 g/mol. The molecule has 1 saturated heterocycles. The number of hydrogen-bond acceptors (Lipinski definition) is 5. The molecule has 1 aliphatic carbocycles. The van der Waals surface area contributed by atoms with Crippen LogP contribution in [0, 0.1) is 11.7 Å². The molecule has 4 aliphatic rings. The molecule has 2 atom stereocenters. The number of benzene rings is 2. The maximum absolute atomic E-state index is 14.1. The molecule has 0 bridgehead atoms. The normalized spacial score (nSPS) is 24.5. The molecule has 2 amide bonds. The van der Waals surface area contributed by atoms with Crippen molar-refractivity contribution in [2.24, 2.45) is 11.0 Å². The summed E-state index contributed by atoms with van der Waals surface area (Å²) in [7, 11) is 0. The highest BCUT2D eigenvalue weighted by Crippen LogP contribution is 2.45. The van der Waals surface area contributed by atoms with Gasteiger partial charge < -0.3 is 20.1 Å². The Balaban J connectivity index is 1.42. The molecule has 2 fully saturated rings. The van der Waals surface area contributed by atoms with Crippen molar-refractivity contribution >= 4 is 11.7 Å². The van der Waals surface area contributed by atoms with Crippen LogP contribution in [0.4, 0.5) is 9.18 Å². The van der Waals surface area contributed by atoms with E-state index in [1.807, 2.05) is 11.0 Å². The van der Waals surface area contributed by atoms with Gasteiger partial charge in [0.25, 0.3) is 0 Å². The highest BCUT2D eigenvalue weighted by atomic mass is 19.1. The lowest BCUT2D eigenvalue weighted by Gasteiger charge is -2.38. The zero-order valence-electron chi connectivity index (χ0n) is 18.3. The van der Waals surface area contributed by atoms with Crippen LogP contribution in [0.1, 0.15) is 42.9 Å². The van der Waals surface area contributed by atoms with Crippen LogP contribution in [0.15, 0.2) is 47.6 Å². The maximum atomic E-state index is 14.1. The molecule has 172 valence electrons. The van der Waals surface area contributed by atoms with Crippen molar-refractivity contribution in [3.63, 3.8) is 0 Å². The minimum atomic E-state index is -0.431. The fourth-order valence-electron chi connectivity index (χ4n) is 5.41. The van der Waals surface area contributed by atoms with Gasteiger partial charge in [-0.05, 0) is 74.7 Å². The molecule has 0 aromatic heterocycles. The lowest BCUT2D eigenvalue weighted by molar-refractivity contribution is 0.0984. The summed E-state index contributed by atoms with van der Waals surface area (Å²) in [5.74, 6) is 0.0921. The molecule has 2 aromatic rings. The molecule has 0 unspecified atom stereocenters. The first-order valence-electron chi connectivity index (χ1n) is 11.7. The third-order valence-electron chi connectivity index (χ3n) is 7.12. The van der Waals surface area contributed by atoms with E-state index < -0.39 is 6.04 Å². The fourth-order valence-corrected chi connectivity index (χ4v) is 5.41. The van der Waals surface area contributed by atoms with E-state index in [0.29, 0.717) is 23.6 Å². The van der Waals surface area contributed by atoms with Gasteiger partial charge >= 0.3 is 6.03 Å². The lowest BCUT2D eigenvalue weighted by atomic mass is 9.85. The number of ether oxygens (including phenoxy) is 1. The maximum Gasteiger partial charge on any atom is 0.341 e. The summed E-state index contributed by atoms with van der Waals surface area (Å²) >= 11 is 0. The minimum Gasteiger partial charge on any atom is -0.508 e. The van der Waals surface area contributed by atoms with E-state index in [0.717, 1.165) is 44.3 Å². The number of nitrogens with zero attached hydrogens (tertiary/aromatic N) is 3. The Morgan fingerprint density at radius 2 is 1.91 bits per heavy atom. The fraction of sp³-hybridized carbons (Fsp3) is 0.440. The molecule has 7 nitrogen and oxygen atoms in total. The largest absolute Gasteiger partial charge is 0.508 e. The van der Waals surface area contributed by atoms with Gasteiger partial charge in [-0.1, -0.05) is 12.1 Å². The number of carbonyl (C=O) groups excluding carboxylic acids is 1. The van der Waals surface area contributed by atoms with E-state index in [2.05, 4.69) is 5.32 Å². The molecule has 2 aromatic carbocycles. The molecular formula is C25H27FN4O3. The second kappa shape index (κ2) is 8.02.